The Balaban J connectivity index is 1.38. The van der Waals surface area contributed by atoms with Crippen molar-refractivity contribution in [2.75, 3.05) is 12.1 Å². The second-order valence-corrected chi connectivity index (χ2v) is 7.72. The molecular formula is C25H22N4O4. The normalized spacial score (nSPS) is 13.0. The predicted octanol–water partition coefficient (Wildman–Crippen LogP) is 3.89. The van der Waals surface area contributed by atoms with Gasteiger partial charge in [0.05, 0.1) is 17.1 Å². The van der Waals surface area contributed by atoms with E-state index in [0.29, 0.717) is 28.6 Å². The summed E-state index contributed by atoms with van der Waals surface area (Å²) in [6.07, 6.45) is 0. The molecule has 0 saturated carbocycles. The minimum Gasteiger partial charge on any atom is -0.454 e. The van der Waals surface area contributed by atoms with E-state index < -0.39 is 6.04 Å². The molecule has 5 rings (SSSR count). The van der Waals surface area contributed by atoms with Crippen LogP contribution < -0.4 is 20.1 Å². The van der Waals surface area contributed by atoms with E-state index in [1.807, 2.05) is 54.0 Å². The number of amides is 2. The van der Waals surface area contributed by atoms with Gasteiger partial charge in [-0.05, 0) is 43.3 Å². The number of rotatable bonds is 6. The summed E-state index contributed by atoms with van der Waals surface area (Å²) < 4.78 is 12.5. The minimum absolute atomic E-state index is 0.0375. The molecule has 0 saturated heterocycles. The van der Waals surface area contributed by atoms with Gasteiger partial charge in [0, 0.05) is 17.3 Å². The van der Waals surface area contributed by atoms with Crippen molar-refractivity contribution in [3.63, 3.8) is 0 Å². The third-order valence-electron chi connectivity index (χ3n) is 5.41. The number of aromatic nitrogens is 2. The summed E-state index contributed by atoms with van der Waals surface area (Å²) in [5, 5.41) is 5.88. The number of nitrogens with one attached hydrogen (secondary N) is 2. The van der Waals surface area contributed by atoms with Crippen molar-refractivity contribution in [2.24, 2.45) is 0 Å². The Hall–Kier alpha value is -4.33. The number of ether oxygens (including phenoxy) is 2. The van der Waals surface area contributed by atoms with Gasteiger partial charge in [-0.15, -0.1) is 0 Å². The van der Waals surface area contributed by atoms with Gasteiger partial charge in [-0.2, -0.15) is 0 Å². The van der Waals surface area contributed by atoms with Gasteiger partial charge < -0.3 is 24.7 Å². The average molecular weight is 442 g/mol. The first kappa shape index (κ1) is 20.6. The third-order valence-corrected chi connectivity index (χ3v) is 5.41. The number of para-hydroxylation sites is 2. The molecule has 1 aliphatic rings. The fourth-order valence-corrected chi connectivity index (χ4v) is 3.84. The second-order valence-electron chi connectivity index (χ2n) is 7.72. The maximum atomic E-state index is 12.9. The van der Waals surface area contributed by atoms with Crippen LogP contribution in [0.5, 0.6) is 11.5 Å². The first-order chi connectivity index (χ1) is 16.1. The molecule has 0 radical (unpaired) electrons. The van der Waals surface area contributed by atoms with E-state index in [0.717, 1.165) is 11.0 Å². The molecular weight excluding hydrogens is 420 g/mol. The molecule has 0 fully saturated rings. The number of benzene rings is 3. The molecule has 8 nitrogen and oxygen atoms in total. The summed E-state index contributed by atoms with van der Waals surface area (Å²) in [5.41, 5.74) is 2.74. The third kappa shape index (κ3) is 4.23. The van der Waals surface area contributed by atoms with E-state index in [1.165, 1.54) is 0 Å². The van der Waals surface area contributed by atoms with E-state index >= 15 is 0 Å². The lowest BCUT2D eigenvalue weighted by atomic mass is 10.2. The van der Waals surface area contributed by atoms with Crippen molar-refractivity contribution in [1.82, 2.24) is 14.9 Å². The Labute approximate surface area is 190 Å². The fourth-order valence-electron chi connectivity index (χ4n) is 3.84. The summed E-state index contributed by atoms with van der Waals surface area (Å²) in [6, 6.07) is 21.4. The van der Waals surface area contributed by atoms with E-state index in [4.69, 9.17) is 14.5 Å². The number of fused-ring (bicyclic) bond motifs is 2. The Morgan fingerprint density at radius 1 is 1.00 bits per heavy atom. The quantitative estimate of drug-likeness (QED) is 0.472. The van der Waals surface area contributed by atoms with Gasteiger partial charge in [0.15, 0.2) is 11.5 Å². The smallest absolute Gasteiger partial charge is 0.251 e. The molecule has 4 aromatic rings. The van der Waals surface area contributed by atoms with Crippen molar-refractivity contribution in [1.29, 1.82) is 0 Å². The summed E-state index contributed by atoms with van der Waals surface area (Å²) in [4.78, 5) is 30.3. The Bertz CT molecular complexity index is 1330. The van der Waals surface area contributed by atoms with Crippen molar-refractivity contribution < 1.29 is 19.1 Å². The first-order valence-corrected chi connectivity index (χ1v) is 10.6. The monoisotopic (exact) mass is 442 g/mol. The summed E-state index contributed by atoms with van der Waals surface area (Å²) >= 11 is 0. The van der Waals surface area contributed by atoms with E-state index in [2.05, 4.69) is 10.6 Å². The molecule has 0 aliphatic carbocycles. The number of anilines is 1. The second kappa shape index (κ2) is 8.66. The number of imidazole rings is 1. The largest absolute Gasteiger partial charge is 0.454 e. The highest BCUT2D eigenvalue weighted by Crippen LogP contribution is 2.34. The van der Waals surface area contributed by atoms with Crippen LogP contribution in [0.25, 0.3) is 11.0 Å². The van der Waals surface area contributed by atoms with Crippen molar-refractivity contribution in [3.05, 3.63) is 84.2 Å². The zero-order valence-electron chi connectivity index (χ0n) is 17.9. The van der Waals surface area contributed by atoms with Crippen molar-refractivity contribution in [2.45, 2.75) is 19.5 Å². The standard InChI is InChI=1S/C25H22N4O4/c1-16(26-25(31)17-7-3-2-4-8-17)24-28-19-9-5-6-10-20(19)29(24)14-23(30)27-18-11-12-21-22(13-18)33-15-32-21/h2-13,16H,14-15H2,1H3,(H,26,31)(H,27,30)/t16-/m0/s1. The maximum Gasteiger partial charge on any atom is 0.251 e. The average Bonchev–Trinajstić information content (AvgIpc) is 3.44. The Kier molecular flexibility index (Phi) is 5.40. The Morgan fingerprint density at radius 2 is 1.76 bits per heavy atom. The van der Waals surface area contributed by atoms with Gasteiger partial charge in [-0.1, -0.05) is 30.3 Å². The molecule has 8 heteroatoms. The molecule has 2 heterocycles. The number of hydrogen-bond acceptors (Lipinski definition) is 5. The highest BCUT2D eigenvalue weighted by molar-refractivity contribution is 5.94. The lowest BCUT2D eigenvalue weighted by molar-refractivity contribution is -0.116. The van der Waals surface area contributed by atoms with Gasteiger partial charge in [0.2, 0.25) is 12.7 Å². The SMILES string of the molecule is C[C@H](NC(=O)c1ccccc1)c1nc2ccccc2n1CC(=O)Nc1ccc2c(c1)OCO2. The first-order valence-electron chi connectivity index (χ1n) is 10.6. The van der Waals surface area contributed by atoms with Crippen molar-refractivity contribution >= 4 is 28.5 Å². The van der Waals surface area contributed by atoms with Crippen LogP contribution in [-0.4, -0.2) is 28.2 Å². The fraction of sp³-hybridized carbons (Fsp3) is 0.160. The molecule has 3 aromatic carbocycles. The highest BCUT2D eigenvalue weighted by atomic mass is 16.7. The van der Waals surface area contributed by atoms with Crippen LogP contribution in [0, 0.1) is 0 Å². The molecule has 1 aromatic heterocycles. The number of nitrogens with zero attached hydrogens (tertiary/aromatic N) is 2. The van der Waals surface area contributed by atoms with Crippen LogP contribution in [0.15, 0.2) is 72.8 Å². The molecule has 2 amide bonds. The van der Waals surface area contributed by atoms with Crippen LogP contribution >= 0.6 is 0 Å². The van der Waals surface area contributed by atoms with Crippen molar-refractivity contribution in [3.8, 4) is 11.5 Å². The van der Waals surface area contributed by atoms with Gasteiger partial charge in [-0.3, -0.25) is 9.59 Å². The molecule has 2 N–H and O–H groups in total. The number of carbonyl (C=O) groups excluding carboxylic acids is 2. The minimum atomic E-state index is -0.413. The van der Waals surface area contributed by atoms with E-state index in [1.54, 1.807) is 30.3 Å². The lowest BCUT2D eigenvalue weighted by Crippen LogP contribution is -2.30. The van der Waals surface area contributed by atoms with Crippen LogP contribution in [-0.2, 0) is 11.3 Å². The molecule has 0 bridgehead atoms. The van der Waals surface area contributed by atoms with Gasteiger partial charge in [0.1, 0.15) is 12.4 Å². The highest BCUT2D eigenvalue weighted by Gasteiger charge is 2.21. The summed E-state index contributed by atoms with van der Waals surface area (Å²) in [5.74, 6) is 1.42. The maximum absolute atomic E-state index is 12.9. The van der Waals surface area contributed by atoms with Crippen LogP contribution in [0.1, 0.15) is 29.1 Å². The topological polar surface area (TPSA) is 94.5 Å². The predicted molar refractivity (Wildman–Crippen MR) is 123 cm³/mol. The molecule has 33 heavy (non-hydrogen) atoms. The zero-order valence-corrected chi connectivity index (χ0v) is 17.9. The zero-order chi connectivity index (χ0) is 22.8. The van der Waals surface area contributed by atoms with Gasteiger partial charge in [-0.25, -0.2) is 4.98 Å². The lowest BCUT2D eigenvalue weighted by Gasteiger charge is -2.16. The molecule has 1 aliphatic heterocycles. The van der Waals surface area contributed by atoms with Crippen LogP contribution in [0.2, 0.25) is 0 Å². The summed E-state index contributed by atoms with van der Waals surface area (Å²) in [6.45, 7) is 2.06. The summed E-state index contributed by atoms with van der Waals surface area (Å²) in [7, 11) is 0. The molecule has 166 valence electrons. The molecule has 0 unspecified atom stereocenters. The van der Waals surface area contributed by atoms with E-state index in [9.17, 15) is 9.59 Å². The number of hydrogen-bond donors (Lipinski definition) is 2. The number of carbonyl (C=O) groups is 2. The van der Waals surface area contributed by atoms with Gasteiger partial charge in [0.25, 0.3) is 5.91 Å². The van der Waals surface area contributed by atoms with Gasteiger partial charge >= 0.3 is 0 Å². The molecule has 0 spiro atoms. The molecule has 1 atom stereocenters. The van der Waals surface area contributed by atoms with Crippen LogP contribution in [0.4, 0.5) is 5.69 Å². The Morgan fingerprint density at radius 3 is 2.61 bits per heavy atom. The van der Waals surface area contributed by atoms with Crippen LogP contribution in [0.3, 0.4) is 0 Å². The van der Waals surface area contributed by atoms with E-state index in [-0.39, 0.29) is 25.2 Å².